The Morgan fingerprint density at radius 1 is 1.75 bits per heavy atom. The molecule has 1 aliphatic heterocycles. The topological polar surface area (TPSA) is 53.5 Å². The first-order chi connectivity index (χ1) is 5.83. The van der Waals surface area contributed by atoms with Gasteiger partial charge in [0.1, 0.15) is 0 Å². The van der Waals surface area contributed by atoms with E-state index in [1.54, 1.807) is 11.8 Å². The van der Waals surface area contributed by atoms with Crippen LogP contribution in [0, 0.1) is 0 Å². The van der Waals surface area contributed by atoms with E-state index in [1.165, 1.54) is 0 Å². The third-order valence-corrected chi connectivity index (χ3v) is 2.23. The van der Waals surface area contributed by atoms with Crippen molar-refractivity contribution >= 4 is 23.0 Å². The van der Waals surface area contributed by atoms with Crippen LogP contribution in [0.1, 0.15) is 13.3 Å². The molecule has 0 fully saturated rings. The molecule has 0 aromatic rings. The predicted molar refractivity (Wildman–Crippen MR) is 51.6 cm³/mol. The van der Waals surface area contributed by atoms with Gasteiger partial charge in [-0.1, -0.05) is 18.7 Å². The largest absolute Gasteiger partial charge is 0.338 e. The fraction of sp³-hybridized carbons (Fsp3) is 0.714. The zero-order valence-corrected chi connectivity index (χ0v) is 7.91. The normalized spacial score (nSPS) is 15.6. The molecule has 0 bridgehead atoms. The summed E-state index contributed by atoms with van der Waals surface area (Å²) in [7, 11) is 0. The Kier molecular flexibility index (Phi) is 3.93. The lowest BCUT2D eigenvalue weighted by atomic mass is 10.5. The van der Waals surface area contributed by atoms with Crippen LogP contribution in [0.4, 0.5) is 4.79 Å². The molecule has 2 amide bonds. The van der Waals surface area contributed by atoms with E-state index in [0.717, 1.165) is 23.9 Å². The number of hydrogen-bond acceptors (Lipinski definition) is 3. The molecule has 1 aliphatic rings. The van der Waals surface area contributed by atoms with Crippen molar-refractivity contribution < 1.29 is 4.79 Å². The molecule has 0 unspecified atom stereocenters. The van der Waals surface area contributed by atoms with E-state index in [-0.39, 0.29) is 6.03 Å². The molecular formula is C7H13N3OS. The number of hydrogen-bond donors (Lipinski definition) is 2. The second kappa shape index (κ2) is 5.03. The number of thioether (sulfide) groups is 1. The molecule has 5 heteroatoms. The predicted octanol–water partition coefficient (Wildman–Crippen LogP) is 0.798. The number of aliphatic imine (C=N–C) groups is 1. The summed E-state index contributed by atoms with van der Waals surface area (Å²) < 4.78 is 0. The first kappa shape index (κ1) is 9.38. The van der Waals surface area contributed by atoms with Gasteiger partial charge in [0, 0.05) is 12.3 Å². The van der Waals surface area contributed by atoms with Crippen molar-refractivity contribution in [3.05, 3.63) is 0 Å². The number of carbonyl (C=O) groups excluding carboxylic acids is 1. The number of urea groups is 1. The van der Waals surface area contributed by atoms with Gasteiger partial charge >= 0.3 is 6.03 Å². The van der Waals surface area contributed by atoms with Crippen molar-refractivity contribution in [3.8, 4) is 0 Å². The van der Waals surface area contributed by atoms with Crippen molar-refractivity contribution in [2.75, 3.05) is 18.8 Å². The summed E-state index contributed by atoms with van der Waals surface area (Å²) in [4.78, 5) is 15.1. The van der Waals surface area contributed by atoms with Gasteiger partial charge in [0.05, 0.1) is 6.54 Å². The third kappa shape index (κ3) is 3.13. The minimum atomic E-state index is -0.148. The third-order valence-electron chi connectivity index (χ3n) is 1.34. The second-order valence-corrected chi connectivity index (χ2v) is 3.50. The summed E-state index contributed by atoms with van der Waals surface area (Å²) >= 11 is 1.58. The standard InChI is InChI=1S/C7H13N3OS/c1-2-3-8-6(11)10-7-9-4-5-12-7/h2-5H2,1H3,(H2,8,9,10,11). The molecule has 2 N–H and O–H groups in total. The SMILES string of the molecule is CCCNC(=O)NC1=NCCS1. The molecule has 1 heterocycles. The molecule has 0 radical (unpaired) electrons. The summed E-state index contributed by atoms with van der Waals surface area (Å²) in [5, 5.41) is 6.13. The van der Waals surface area contributed by atoms with Crippen molar-refractivity contribution in [1.29, 1.82) is 0 Å². The highest BCUT2D eigenvalue weighted by atomic mass is 32.2. The molecule has 4 nitrogen and oxygen atoms in total. The molecule has 0 aliphatic carbocycles. The maximum atomic E-state index is 11.0. The molecule has 1 rings (SSSR count). The molecule has 12 heavy (non-hydrogen) atoms. The summed E-state index contributed by atoms with van der Waals surface area (Å²) in [6, 6.07) is -0.148. The van der Waals surface area contributed by atoms with E-state index in [0.29, 0.717) is 6.54 Å². The highest BCUT2D eigenvalue weighted by Gasteiger charge is 2.09. The van der Waals surface area contributed by atoms with Gasteiger partial charge in [-0.05, 0) is 6.42 Å². The van der Waals surface area contributed by atoms with Gasteiger partial charge in [-0.2, -0.15) is 0 Å². The smallest absolute Gasteiger partial charge is 0.320 e. The van der Waals surface area contributed by atoms with Crippen LogP contribution in [0.25, 0.3) is 0 Å². The Hall–Kier alpha value is -0.710. The van der Waals surface area contributed by atoms with Crippen molar-refractivity contribution in [2.45, 2.75) is 13.3 Å². The number of nitrogens with one attached hydrogen (secondary N) is 2. The Bertz CT molecular complexity index is 193. The van der Waals surface area contributed by atoms with Gasteiger partial charge in [0.25, 0.3) is 0 Å². The molecule has 0 saturated carbocycles. The number of rotatable bonds is 2. The van der Waals surface area contributed by atoms with Gasteiger partial charge in [0.2, 0.25) is 0 Å². The maximum Gasteiger partial charge on any atom is 0.320 e. The fourth-order valence-electron chi connectivity index (χ4n) is 0.791. The van der Waals surface area contributed by atoms with Gasteiger partial charge < -0.3 is 5.32 Å². The number of nitrogens with zero attached hydrogens (tertiary/aromatic N) is 1. The van der Waals surface area contributed by atoms with E-state index in [4.69, 9.17) is 0 Å². The van der Waals surface area contributed by atoms with Crippen LogP contribution in [0.2, 0.25) is 0 Å². The van der Waals surface area contributed by atoms with E-state index in [1.807, 2.05) is 6.92 Å². The lowest BCUT2D eigenvalue weighted by molar-refractivity contribution is 0.245. The average molecular weight is 187 g/mol. The van der Waals surface area contributed by atoms with Crippen molar-refractivity contribution in [2.24, 2.45) is 4.99 Å². The Labute approximate surface area is 76.2 Å². The maximum absolute atomic E-state index is 11.0. The first-order valence-corrected chi connectivity index (χ1v) is 5.03. The van der Waals surface area contributed by atoms with Gasteiger partial charge in [-0.15, -0.1) is 0 Å². The first-order valence-electron chi connectivity index (χ1n) is 4.05. The summed E-state index contributed by atoms with van der Waals surface area (Å²) in [6.07, 6.45) is 0.951. The monoisotopic (exact) mass is 187 g/mol. The van der Waals surface area contributed by atoms with Gasteiger partial charge in [-0.25, -0.2) is 4.79 Å². The van der Waals surface area contributed by atoms with Crippen molar-refractivity contribution in [3.63, 3.8) is 0 Å². The van der Waals surface area contributed by atoms with Gasteiger partial charge in [-0.3, -0.25) is 10.3 Å². The summed E-state index contributed by atoms with van der Waals surface area (Å²) in [6.45, 7) is 3.54. The van der Waals surface area contributed by atoms with Crippen molar-refractivity contribution in [1.82, 2.24) is 10.6 Å². The zero-order chi connectivity index (χ0) is 8.81. The van der Waals surface area contributed by atoms with E-state index in [9.17, 15) is 4.79 Å². The number of amides is 2. The van der Waals surface area contributed by atoms with E-state index in [2.05, 4.69) is 15.6 Å². The molecule has 0 aromatic carbocycles. The fourth-order valence-corrected chi connectivity index (χ4v) is 1.51. The zero-order valence-electron chi connectivity index (χ0n) is 7.09. The summed E-state index contributed by atoms with van der Waals surface area (Å²) in [5.41, 5.74) is 0. The quantitative estimate of drug-likeness (QED) is 0.671. The van der Waals surface area contributed by atoms with Crippen LogP contribution in [0.3, 0.4) is 0 Å². The van der Waals surface area contributed by atoms with Gasteiger partial charge in [0.15, 0.2) is 5.17 Å². The molecule has 68 valence electrons. The van der Waals surface area contributed by atoms with Crippen LogP contribution in [-0.2, 0) is 0 Å². The van der Waals surface area contributed by atoms with E-state index >= 15 is 0 Å². The minimum absolute atomic E-state index is 0.148. The van der Waals surface area contributed by atoms with Crippen LogP contribution >= 0.6 is 11.8 Å². The van der Waals surface area contributed by atoms with Crippen LogP contribution in [0.5, 0.6) is 0 Å². The lowest BCUT2D eigenvalue weighted by Crippen LogP contribution is -2.38. The Balaban J connectivity index is 2.17. The Morgan fingerprint density at radius 3 is 3.17 bits per heavy atom. The number of carbonyl (C=O) groups is 1. The second-order valence-electron chi connectivity index (χ2n) is 2.42. The molecule has 0 aromatic heterocycles. The molecule has 0 saturated heterocycles. The minimum Gasteiger partial charge on any atom is -0.338 e. The lowest BCUT2D eigenvalue weighted by Gasteiger charge is -2.04. The van der Waals surface area contributed by atoms with Crippen LogP contribution in [-0.4, -0.2) is 30.0 Å². The van der Waals surface area contributed by atoms with E-state index < -0.39 is 0 Å². The Morgan fingerprint density at radius 2 is 2.58 bits per heavy atom. The average Bonchev–Trinajstić information content (AvgIpc) is 2.53. The molecule has 0 atom stereocenters. The highest BCUT2D eigenvalue weighted by Crippen LogP contribution is 2.08. The summed E-state index contributed by atoms with van der Waals surface area (Å²) in [5.74, 6) is 0.976. The van der Waals surface area contributed by atoms with Crippen LogP contribution < -0.4 is 10.6 Å². The highest BCUT2D eigenvalue weighted by molar-refractivity contribution is 8.14. The molecular weight excluding hydrogens is 174 g/mol. The van der Waals surface area contributed by atoms with Crippen LogP contribution in [0.15, 0.2) is 4.99 Å². The molecule has 0 spiro atoms. The number of amidine groups is 1.